The fraction of sp³-hybridized carbons (Fsp3) is 0.278. The van der Waals surface area contributed by atoms with E-state index in [9.17, 15) is 9.59 Å². The van der Waals surface area contributed by atoms with Gasteiger partial charge in [-0.05, 0) is 39.0 Å². The molecule has 3 aromatic heterocycles. The van der Waals surface area contributed by atoms with Gasteiger partial charge in [-0.25, -0.2) is 9.78 Å². The molecule has 8 nitrogen and oxygen atoms in total. The molecular weight excluding hydrogens is 370 g/mol. The van der Waals surface area contributed by atoms with Crippen LogP contribution in [0.15, 0.2) is 30.6 Å². The first-order chi connectivity index (χ1) is 12.7. The van der Waals surface area contributed by atoms with Gasteiger partial charge in [-0.15, -0.1) is 0 Å². The van der Waals surface area contributed by atoms with E-state index >= 15 is 0 Å². The van der Waals surface area contributed by atoms with Crippen molar-refractivity contribution in [1.82, 2.24) is 25.1 Å². The Hall–Kier alpha value is -3.00. The zero-order valence-corrected chi connectivity index (χ0v) is 16.0. The standard InChI is InChI=1S/C18H18ClN5O3/c1-18(2,3)27-17(26)24-13-9-22-14(19)7-11(13)15(23-24)10-5-6-12(21-8-10)16(25)20-4/h5-9H,1-4H3,(H,20,25). The Kier molecular flexibility index (Phi) is 4.84. The second-order valence-electron chi connectivity index (χ2n) is 6.78. The molecule has 0 fully saturated rings. The van der Waals surface area contributed by atoms with Crippen LogP contribution in [0.3, 0.4) is 0 Å². The van der Waals surface area contributed by atoms with Crippen LogP contribution in [0.4, 0.5) is 4.79 Å². The summed E-state index contributed by atoms with van der Waals surface area (Å²) in [6.45, 7) is 5.32. The SMILES string of the molecule is CNC(=O)c1ccc(-c2nn(C(=O)OC(C)(C)C)c3cnc(Cl)cc23)cn1. The maximum atomic E-state index is 12.5. The average molecular weight is 388 g/mol. The van der Waals surface area contributed by atoms with Crippen LogP contribution in [0.1, 0.15) is 31.3 Å². The first kappa shape index (κ1) is 18.8. The molecule has 9 heteroatoms. The van der Waals surface area contributed by atoms with Crippen molar-refractivity contribution in [2.24, 2.45) is 0 Å². The van der Waals surface area contributed by atoms with Crippen LogP contribution in [0.25, 0.3) is 22.2 Å². The number of ether oxygens (including phenoxy) is 1. The Morgan fingerprint density at radius 1 is 1.19 bits per heavy atom. The molecule has 0 bridgehead atoms. The molecule has 0 saturated carbocycles. The van der Waals surface area contributed by atoms with Gasteiger partial charge >= 0.3 is 6.09 Å². The highest BCUT2D eigenvalue weighted by molar-refractivity contribution is 6.30. The van der Waals surface area contributed by atoms with Gasteiger partial charge in [-0.3, -0.25) is 9.78 Å². The van der Waals surface area contributed by atoms with Crippen molar-refractivity contribution >= 4 is 34.5 Å². The number of aromatic nitrogens is 4. The molecule has 140 valence electrons. The summed E-state index contributed by atoms with van der Waals surface area (Å²) in [5, 5.41) is 7.78. The van der Waals surface area contributed by atoms with Crippen LogP contribution in [-0.2, 0) is 4.74 Å². The highest BCUT2D eigenvalue weighted by Crippen LogP contribution is 2.29. The third-order valence-electron chi connectivity index (χ3n) is 3.60. The second-order valence-corrected chi connectivity index (χ2v) is 7.16. The van der Waals surface area contributed by atoms with Crippen molar-refractivity contribution in [2.45, 2.75) is 26.4 Å². The van der Waals surface area contributed by atoms with Crippen molar-refractivity contribution in [1.29, 1.82) is 0 Å². The Morgan fingerprint density at radius 2 is 1.93 bits per heavy atom. The van der Waals surface area contributed by atoms with Crippen LogP contribution in [0.2, 0.25) is 5.15 Å². The fourth-order valence-corrected chi connectivity index (χ4v) is 2.60. The van der Waals surface area contributed by atoms with E-state index < -0.39 is 11.7 Å². The first-order valence-corrected chi connectivity index (χ1v) is 8.53. The number of carbonyl (C=O) groups is 2. The number of hydrogen-bond acceptors (Lipinski definition) is 6. The van der Waals surface area contributed by atoms with Gasteiger partial charge < -0.3 is 10.1 Å². The van der Waals surface area contributed by atoms with Crippen molar-refractivity contribution in [3.63, 3.8) is 0 Å². The molecule has 1 N–H and O–H groups in total. The van der Waals surface area contributed by atoms with E-state index in [-0.39, 0.29) is 16.8 Å². The van der Waals surface area contributed by atoms with E-state index in [0.717, 1.165) is 4.68 Å². The number of halogens is 1. The van der Waals surface area contributed by atoms with Gasteiger partial charge in [0.05, 0.1) is 11.7 Å². The monoisotopic (exact) mass is 387 g/mol. The Labute approximate surface area is 160 Å². The fourth-order valence-electron chi connectivity index (χ4n) is 2.44. The topological polar surface area (TPSA) is 99.0 Å². The Bertz CT molecular complexity index is 1020. The molecule has 0 aliphatic heterocycles. The minimum Gasteiger partial charge on any atom is -0.442 e. The van der Waals surface area contributed by atoms with E-state index in [0.29, 0.717) is 22.2 Å². The zero-order chi connectivity index (χ0) is 19.8. The molecule has 0 saturated heterocycles. The lowest BCUT2D eigenvalue weighted by Crippen LogP contribution is -2.27. The highest BCUT2D eigenvalue weighted by Gasteiger charge is 2.23. The molecule has 0 aliphatic carbocycles. The van der Waals surface area contributed by atoms with E-state index in [2.05, 4.69) is 20.4 Å². The smallest absolute Gasteiger partial charge is 0.435 e. The van der Waals surface area contributed by atoms with Crippen LogP contribution in [0.5, 0.6) is 0 Å². The third kappa shape index (κ3) is 3.90. The van der Waals surface area contributed by atoms with Crippen molar-refractivity contribution in [3.05, 3.63) is 41.4 Å². The zero-order valence-electron chi connectivity index (χ0n) is 15.3. The van der Waals surface area contributed by atoms with Crippen molar-refractivity contribution in [3.8, 4) is 11.3 Å². The predicted molar refractivity (Wildman–Crippen MR) is 101 cm³/mol. The number of pyridine rings is 2. The van der Waals surface area contributed by atoms with Gasteiger partial charge in [0.2, 0.25) is 0 Å². The van der Waals surface area contributed by atoms with Crippen LogP contribution in [-0.4, -0.2) is 44.4 Å². The molecule has 0 aromatic carbocycles. The average Bonchev–Trinajstić information content (AvgIpc) is 2.98. The van der Waals surface area contributed by atoms with Crippen molar-refractivity contribution in [2.75, 3.05) is 7.05 Å². The summed E-state index contributed by atoms with van der Waals surface area (Å²) in [6, 6.07) is 4.90. The van der Waals surface area contributed by atoms with Gasteiger partial charge in [0.25, 0.3) is 5.91 Å². The van der Waals surface area contributed by atoms with E-state index in [4.69, 9.17) is 16.3 Å². The number of rotatable bonds is 2. The number of hydrogen-bond donors (Lipinski definition) is 1. The maximum Gasteiger partial charge on any atom is 0.435 e. The predicted octanol–water partition coefficient (Wildman–Crippen LogP) is 3.29. The molecule has 1 amide bonds. The summed E-state index contributed by atoms with van der Waals surface area (Å²) in [7, 11) is 1.53. The molecule has 0 aliphatic rings. The third-order valence-corrected chi connectivity index (χ3v) is 3.80. The summed E-state index contributed by atoms with van der Waals surface area (Å²) in [5.74, 6) is -0.294. The van der Waals surface area contributed by atoms with Gasteiger partial charge in [-0.1, -0.05) is 11.6 Å². The number of amides is 1. The molecule has 3 aromatic rings. The van der Waals surface area contributed by atoms with Gasteiger partial charge in [-0.2, -0.15) is 9.78 Å². The molecule has 0 spiro atoms. The summed E-state index contributed by atoms with van der Waals surface area (Å²) < 4.78 is 6.55. The maximum absolute atomic E-state index is 12.5. The van der Waals surface area contributed by atoms with Crippen LogP contribution >= 0.6 is 11.6 Å². The molecule has 0 atom stereocenters. The van der Waals surface area contributed by atoms with Crippen LogP contribution < -0.4 is 5.32 Å². The largest absolute Gasteiger partial charge is 0.442 e. The summed E-state index contributed by atoms with van der Waals surface area (Å²) in [5.41, 5.74) is 1.16. The van der Waals surface area contributed by atoms with Gasteiger partial charge in [0.15, 0.2) is 0 Å². The van der Waals surface area contributed by atoms with Gasteiger partial charge in [0, 0.05) is 24.2 Å². The normalized spacial score (nSPS) is 11.4. The quantitative estimate of drug-likeness (QED) is 0.677. The molecule has 0 radical (unpaired) electrons. The summed E-state index contributed by atoms with van der Waals surface area (Å²) >= 11 is 6.03. The van der Waals surface area contributed by atoms with Gasteiger partial charge in [0.1, 0.15) is 22.1 Å². The molecule has 27 heavy (non-hydrogen) atoms. The van der Waals surface area contributed by atoms with E-state index in [1.165, 1.54) is 19.4 Å². The minimum atomic E-state index is -0.675. The number of fused-ring (bicyclic) bond motifs is 1. The number of nitrogens with one attached hydrogen (secondary N) is 1. The lowest BCUT2D eigenvalue weighted by atomic mass is 10.1. The minimum absolute atomic E-state index is 0.266. The summed E-state index contributed by atoms with van der Waals surface area (Å²) in [4.78, 5) is 32.4. The van der Waals surface area contributed by atoms with Crippen molar-refractivity contribution < 1.29 is 14.3 Å². The molecule has 3 rings (SSSR count). The van der Waals surface area contributed by atoms with Crippen LogP contribution in [0, 0.1) is 0 Å². The number of nitrogens with zero attached hydrogens (tertiary/aromatic N) is 4. The second kappa shape index (κ2) is 6.96. The highest BCUT2D eigenvalue weighted by atomic mass is 35.5. The first-order valence-electron chi connectivity index (χ1n) is 8.16. The molecular formula is C18H18ClN5O3. The summed E-state index contributed by atoms with van der Waals surface area (Å²) in [6.07, 6.45) is 2.35. The Morgan fingerprint density at radius 3 is 2.52 bits per heavy atom. The number of carbonyl (C=O) groups excluding carboxylic acids is 2. The van der Waals surface area contributed by atoms with E-state index in [1.54, 1.807) is 39.0 Å². The Balaban J connectivity index is 2.11. The molecule has 3 heterocycles. The lowest BCUT2D eigenvalue weighted by molar-refractivity contribution is 0.0523. The lowest BCUT2D eigenvalue weighted by Gasteiger charge is -2.19. The molecule has 0 unspecified atom stereocenters. The van der Waals surface area contributed by atoms with E-state index in [1.807, 2.05) is 0 Å².